The van der Waals surface area contributed by atoms with Gasteiger partial charge in [-0.3, -0.25) is 9.59 Å². The molecule has 0 aromatic rings. The number of likely N-dealkylation sites (tertiary alicyclic amines) is 1. The standard InChI is InChI=1S/C10H16N4O5/c11-7(15)3-6(9(17)18)13-10(19)14-2-1-5(4-14)8(12)16/h5-6H,1-4H2,(H2,11,15)(H2,12,16)(H,13,19)(H,17,18)/t5?,6-/m0/s1. The third-order valence-corrected chi connectivity index (χ3v) is 2.88. The highest BCUT2D eigenvalue weighted by Gasteiger charge is 2.32. The lowest BCUT2D eigenvalue weighted by molar-refractivity contribution is -0.141. The Balaban J connectivity index is 2.56. The van der Waals surface area contributed by atoms with Gasteiger partial charge >= 0.3 is 12.0 Å². The number of rotatable bonds is 5. The normalized spacial score (nSPS) is 19.8. The number of nitrogens with one attached hydrogen (secondary N) is 1. The summed E-state index contributed by atoms with van der Waals surface area (Å²) in [5.41, 5.74) is 10.0. The topological polar surface area (TPSA) is 156 Å². The van der Waals surface area contributed by atoms with Gasteiger partial charge in [-0.05, 0) is 6.42 Å². The van der Waals surface area contributed by atoms with Gasteiger partial charge < -0.3 is 26.8 Å². The molecule has 1 fully saturated rings. The van der Waals surface area contributed by atoms with E-state index in [9.17, 15) is 19.2 Å². The van der Waals surface area contributed by atoms with Gasteiger partial charge in [-0.1, -0.05) is 0 Å². The molecule has 19 heavy (non-hydrogen) atoms. The smallest absolute Gasteiger partial charge is 0.326 e. The second-order valence-electron chi connectivity index (χ2n) is 4.34. The predicted octanol–water partition coefficient (Wildman–Crippen LogP) is -2.17. The van der Waals surface area contributed by atoms with Gasteiger partial charge in [-0.15, -0.1) is 0 Å². The number of aliphatic carboxylic acids is 1. The fraction of sp³-hybridized carbons (Fsp3) is 0.600. The SMILES string of the molecule is NC(=O)C[C@H](NC(=O)N1CCC(C(N)=O)C1)C(=O)O. The van der Waals surface area contributed by atoms with Gasteiger partial charge in [-0.25, -0.2) is 9.59 Å². The van der Waals surface area contributed by atoms with E-state index in [2.05, 4.69) is 5.32 Å². The number of carboxylic acids is 1. The molecule has 0 spiro atoms. The summed E-state index contributed by atoms with van der Waals surface area (Å²) in [6, 6.07) is -2.03. The van der Waals surface area contributed by atoms with Crippen LogP contribution in [0.2, 0.25) is 0 Å². The Morgan fingerprint density at radius 2 is 1.95 bits per heavy atom. The summed E-state index contributed by atoms with van der Waals surface area (Å²) in [6.07, 6.45) is -0.0511. The van der Waals surface area contributed by atoms with Crippen molar-refractivity contribution in [2.24, 2.45) is 17.4 Å². The molecule has 0 bridgehead atoms. The van der Waals surface area contributed by atoms with Crippen molar-refractivity contribution in [2.45, 2.75) is 18.9 Å². The van der Waals surface area contributed by atoms with Crippen LogP contribution in [0.25, 0.3) is 0 Å². The van der Waals surface area contributed by atoms with E-state index >= 15 is 0 Å². The summed E-state index contributed by atoms with van der Waals surface area (Å²) < 4.78 is 0. The molecule has 0 aliphatic carbocycles. The molecule has 9 heteroatoms. The molecular formula is C10H16N4O5. The van der Waals surface area contributed by atoms with E-state index in [-0.39, 0.29) is 6.54 Å². The Morgan fingerprint density at radius 1 is 1.32 bits per heavy atom. The van der Waals surface area contributed by atoms with Crippen LogP contribution < -0.4 is 16.8 Å². The largest absolute Gasteiger partial charge is 0.480 e. The van der Waals surface area contributed by atoms with Gasteiger partial charge in [-0.2, -0.15) is 0 Å². The first kappa shape index (κ1) is 14.7. The van der Waals surface area contributed by atoms with Crippen molar-refractivity contribution in [3.63, 3.8) is 0 Å². The highest BCUT2D eigenvalue weighted by atomic mass is 16.4. The van der Waals surface area contributed by atoms with Crippen LogP contribution in [0, 0.1) is 5.92 Å². The van der Waals surface area contributed by atoms with Gasteiger partial charge in [0.15, 0.2) is 0 Å². The molecular weight excluding hydrogens is 256 g/mol. The first-order valence-electron chi connectivity index (χ1n) is 5.67. The minimum Gasteiger partial charge on any atom is -0.480 e. The van der Waals surface area contributed by atoms with Crippen LogP contribution >= 0.6 is 0 Å². The van der Waals surface area contributed by atoms with Crippen molar-refractivity contribution in [3.05, 3.63) is 0 Å². The number of nitrogens with zero attached hydrogens (tertiary/aromatic N) is 1. The number of amides is 4. The lowest BCUT2D eigenvalue weighted by atomic mass is 10.1. The van der Waals surface area contributed by atoms with E-state index in [0.29, 0.717) is 13.0 Å². The van der Waals surface area contributed by atoms with E-state index in [1.807, 2.05) is 0 Å². The number of nitrogens with two attached hydrogens (primary N) is 2. The summed E-state index contributed by atoms with van der Waals surface area (Å²) in [5.74, 6) is -3.10. The lowest BCUT2D eigenvalue weighted by Crippen LogP contribution is -2.48. The van der Waals surface area contributed by atoms with Crippen LogP contribution in [0.1, 0.15) is 12.8 Å². The van der Waals surface area contributed by atoms with Crippen molar-refractivity contribution in [1.29, 1.82) is 0 Å². The summed E-state index contributed by atoms with van der Waals surface area (Å²) in [6.45, 7) is 0.451. The molecule has 1 aliphatic heterocycles. The van der Waals surface area contributed by atoms with Crippen molar-refractivity contribution >= 4 is 23.8 Å². The van der Waals surface area contributed by atoms with Crippen LogP contribution in [0.3, 0.4) is 0 Å². The third-order valence-electron chi connectivity index (χ3n) is 2.88. The third kappa shape index (κ3) is 4.12. The second kappa shape index (κ2) is 6.03. The summed E-state index contributed by atoms with van der Waals surface area (Å²) in [4.78, 5) is 45.5. The molecule has 0 aromatic heterocycles. The monoisotopic (exact) mass is 272 g/mol. The first-order chi connectivity index (χ1) is 8.81. The lowest BCUT2D eigenvalue weighted by Gasteiger charge is -2.20. The fourth-order valence-electron chi connectivity index (χ4n) is 1.82. The molecule has 1 rings (SSSR count). The summed E-state index contributed by atoms with van der Waals surface area (Å²) in [5, 5.41) is 11.0. The summed E-state index contributed by atoms with van der Waals surface area (Å²) >= 11 is 0. The average Bonchev–Trinajstić information content (AvgIpc) is 2.76. The minimum absolute atomic E-state index is 0.143. The minimum atomic E-state index is -1.38. The molecule has 1 saturated heterocycles. The first-order valence-corrected chi connectivity index (χ1v) is 5.67. The molecule has 0 aromatic carbocycles. The molecule has 6 N–H and O–H groups in total. The highest BCUT2D eigenvalue weighted by Crippen LogP contribution is 2.15. The predicted molar refractivity (Wildman–Crippen MR) is 62.6 cm³/mol. The zero-order chi connectivity index (χ0) is 14.6. The number of carbonyl (C=O) groups excluding carboxylic acids is 3. The van der Waals surface area contributed by atoms with E-state index in [1.165, 1.54) is 4.90 Å². The van der Waals surface area contributed by atoms with Gasteiger partial charge in [0.2, 0.25) is 11.8 Å². The molecule has 0 radical (unpaired) electrons. The maximum Gasteiger partial charge on any atom is 0.326 e. The fourth-order valence-corrected chi connectivity index (χ4v) is 1.82. The second-order valence-corrected chi connectivity index (χ2v) is 4.34. The Kier molecular flexibility index (Phi) is 4.67. The van der Waals surface area contributed by atoms with Gasteiger partial charge in [0.25, 0.3) is 0 Å². The molecule has 1 unspecified atom stereocenters. The molecule has 1 aliphatic rings. The molecule has 2 atom stereocenters. The number of hydrogen-bond donors (Lipinski definition) is 4. The van der Waals surface area contributed by atoms with Gasteiger partial charge in [0, 0.05) is 13.1 Å². The Labute approximate surface area is 108 Å². The van der Waals surface area contributed by atoms with E-state index in [0.717, 1.165) is 0 Å². The van der Waals surface area contributed by atoms with Crippen molar-refractivity contribution in [3.8, 4) is 0 Å². The Morgan fingerprint density at radius 3 is 2.37 bits per heavy atom. The summed E-state index contributed by atoms with van der Waals surface area (Å²) in [7, 11) is 0. The van der Waals surface area contributed by atoms with Crippen molar-refractivity contribution in [1.82, 2.24) is 10.2 Å². The number of carboxylic acid groups (broad SMARTS) is 1. The molecule has 106 valence electrons. The average molecular weight is 272 g/mol. The molecule has 0 saturated carbocycles. The maximum atomic E-state index is 11.8. The Hall–Kier alpha value is -2.32. The van der Waals surface area contributed by atoms with Crippen LogP contribution in [-0.2, 0) is 14.4 Å². The van der Waals surface area contributed by atoms with E-state index < -0.39 is 42.2 Å². The van der Waals surface area contributed by atoms with Crippen LogP contribution in [-0.4, -0.2) is 53.0 Å². The van der Waals surface area contributed by atoms with Crippen LogP contribution in [0.5, 0.6) is 0 Å². The van der Waals surface area contributed by atoms with Crippen molar-refractivity contribution in [2.75, 3.05) is 13.1 Å². The van der Waals surface area contributed by atoms with Crippen LogP contribution in [0.15, 0.2) is 0 Å². The number of carbonyl (C=O) groups is 4. The maximum absolute atomic E-state index is 11.8. The highest BCUT2D eigenvalue weighted by molar-refractivity contribution is 5.88. The zero-order valence-electron chi connectivity index (χ0n) is 10.2. The zero-order valence-corrected chi connectivity index (χ0v) is 10.2. The van der Waals surface area contributed by atoms with Gasteiger partial charge in [0.1, 0.15) is 6.04 Å². The van der Waals surface area contributed by atoms with E-state index in [1.54, 1.807) is 0 Å². The quantitative estimate of drug-likeness (QED) is 0.448. The van der Waals surface area contributed by atoms with E-state index in [4.69, 9.17) is 16.6 Å². The van der Waals surface area contributed by atoms with Gasteiger partial charge in [0.05, 0.1) is 12.3 Å². The van der Waals surface area contributed by atoms with Crippen LogP contribution in [0.4, 0.5) is 4.79 Å². The molecule has 9 nitrogen and oxygen atoms in total. The number of hydrogen-bond acceptors (Lipinski definition) is 4. The Bertz CT molecular complexity index is 411. The number of urea groups is 1. The molecule has 1 heterocycles. The van der Waals surface area contributed by atoms with Crippen molar-refractivity contribution < 1.29 is 24.3 Å². The number of primary amides is 2. The molecule has 4 amide bonds.